The van der Waals surface area contributed by atoms with E-state index in [2.05, 4.69) is 0 Å². The van der Waals surface area contributed by atoms with Gasteiger partial charge in [-0.1, -0.05) is 30.3 Å². The van der Waals surface area contributed by atoms with E-state index in [-0.39, 0.29) is 20.3 Å². The van der Waals surface area contributed by atoms with Crippen LogP contribution in [0.15, 0.2) is 30.3 Å². The Balaban J connectivity index is 0. The van der Waals surface area contributed by atoms with Crippen molar-refractivity contribution < 1.29 is 20.3 Å². The van der Waals surface area contributed by atoms with E-state index in [0.29, 0.717) is 6.54 Å². The van der Waals surface area contributed by atoms with Gasteiger partial charge in [-0.05, 0) is 5.56 Å². The normalized spacial score (nSPS) is 8.11. The second-order valence-corrected chi connectivity index (χ2v) is 1.69. The summed E-state index contributed by atoms with van der Waals surface area (Å²) in [6.07, 6.45) is 0. The molecule has 0 amide bonds. The Morgan fingerprint density at radius 2 is 1.78 bits per heavy atom. The molecule has 1 rings (SSSR count). The maximum atomic E-state index is 5.35. The minimum absolute atomic E-state index is 0. The molecule has 0 spiro atoms. The summed E-state index contributed by atoms with van der Waals surface area (Å²) in [5.74, 6) is 0. The molecule has 1 nitrogen and oxygen atoms in total. The van der Waals surface area contributed by atoms with Gasteiger partial charge < -0.3 is 7.16 Å². The molecule has 0 saturated heterocycles. The van der Waals surface area contributed by atoms with Gasteiger partial charge in [0.05, 0.1) is 0 Å². The van der Waals surface area contributed by atoms with Crippen LogP contribution in [-0.2, 0) is 6.54 Å². The van der Waals surface area contributed by atoms with Gasteiger partial charge in [0.1, 0.15) is 0 Å². The maximum Gasteiger partial charge on any atom is 1.00 e. The molecular weight excluding hydrogens is 105 g/mol. The predicted molar refractivity (Wildman–Crippen MR) is 35.4 cm³/mol. The second kappa shape index (κ2) is 4.64. The SMILES string of the molecule is NCc1ccccc1.[H-].[Li+]. The Hall–Kier alpha value is -0.223. The quantitative estimate of drug-likeness (QED) is 0.432. The first kappa shape index (κ1) is 8.78. The van der Waals surface area contributed by atoms with Gasteiger partial charge in [0.15, 0.2) is 0 Å². The van der Waals surface area contributed by atoms with Crippen molar-refractivity contribution in [3.8, 4) is 0 Å². The second-order valence-electron chi connectivity index (χ2n) is 1.69. The van der Waals surface area contributed by atoms with E-state index < -0.39 is 0 Å². The van der Waals surface area contributed by atoms with Crippen LogP contribution in [0.25, 0.3) is 0 Å². The predicted octanol–water partition coefficient (Wildman–Crippen LogP) is -1.74. The van der Waals surface area contributed by atoms with Crippen molar-refractivity contribution in [2.24, 2.45) is 5.73 Å². The van der Waals surface area contributed by atoms with E-state index in [1.807, 2.05) is 30.3 Å². The van der Waals surface area contributed by atoms with Gasteiger partial charge in [0, 0.05) is 6.54 Å². The van der Waals surface area contributed by atoms with Gasteiger partial charge in [0.25, 0.3) is 0 Å². The van der Waals surface area contributed by atoms with Gasteiger partial charge in [-0.3, -0.25) is 0 Å². The molecule has 1 aromatic rings. The van der Waals surface area contributed by atoms with E-state index in [0.717, 1.165) is 0 Å². The van der Waals surface area contributed by atoms with Crippen LogP contribution in [-0.4, -0.2) is 0 Å². The molecule has 0 bridgehead atoms. The molecule has 0 fully saturated rings. The Labute approximate surface area is 68.9 Å². The molecule has 0 atom stereocenters. The third-order valence-electron chi connectivity index (χ3n) is 1.08. The molecule has 0 heterocycles. The molecule has 2 N–H and O–H groups in total. The van der Waals surface area contributed by atoms with E-state index >= 15 is 0 Å². The van der Waals surface area contributed by atoms with Crippen LogP contribution >= 0.6 is 0 Å². The molecule has 0 saturated carbocycles. The number of nitrogens with two attached hydrogens (primary N) is 1. The standard InChI is InChI=1S/C7H9N.Li.H/c8-6-7-4-2-1-3-5-7;;/h1-5H,6,8H2;;/q;+1;-1. The molecule has 2 heteroatoms. The summed E-state index contributed by atoms with van der Waals surface area (Å²) in [6, 6.07) is 9.99. The number of hydrogen-bond donors (Lipinski definition) is 1. The molecule has 0 aliphatic rings. The zero-order valence-corrected chi connectivity index (χ0v) is 5.67. The van der Waals surface area contributed by atoms with Crippen LogP contribution in [0.5, 0.6) is 0 Å². The fourth-order valence-corrected chi connectivity index (χ4v) is 0.614. The van der Waals surface area contributed by atoms with Crippen LogP contribution in [0.4, 0.5) is 0 Å². The molecule has 0 aromatic heterocycles. The number of hydrogen-bond acceptors (Lipinski definition) is 1. The third kappa shape index (κ3) is 2.72. The fraction of sp³-hybridized carbons (Fsp3) is 0.143. The maximum absolute atomic E-state index is 5.35. The summed E-state index contributed by atoms with van der Waals surface area (Å²) >= 11 is 0. The first-order valence-corrected chi connectivity index (χ1v) is 2.67. The van der Waals surface area contributed by atoms with Gasteiger partial charge in [-0.15, -0.1) is 0 Å². The fourth-order valence-electron chi connectivity index (χ4n) is 0.614. The number of rotatable bonds is 1. The largest absolute Gasteiger partial charge is 1.00 e. The van der Waals surface area contributed by atoms with Crippen molar-refractivity contribution in [1.29, 1.82) is 0 Å². The topological polar surface area (TPSA) is 26.0 Å². The third-order valence-corrected chi connectivity index (χ3v) is 1.08. The summed E-state index contributed by atoms with van der Waals surface area (Å²) in [5.41, 5.74) is 6.54. The van der Waals surface area contributed by atoms with Crippen molar-refractivity contribution in [1.82, 2.24) is 0 Å². The van der Waals surface area contributed by atoms with E-state index in [4.69, 9.17) is 5.73 Å². The van der Waals surface area contributed by atoms with Crippen LogP contribution in [0.2, 0.25) is 0 Å². The average molecular weight is 115 g/mol. The van der Waals surface area contributed by atoms with E-state index in [9.17, 15) is 0 Å². The molecular formula is C7H10LiN. The van der Waals surface area contributed by atoms with Gasteiger partial charge >= 0.3 is 18.9 Å². The average Bonchev–Trinajstić information content (AvgIpc) is 1.90. The van der Waals surface area contributed by atoms with Crippen LogP contribution < -0.4 is 24.6 Å². The van der Waals surface area contributed by atoms with Crippen molar-refractivity contribution >= 4 is 0 Å². The summed E-state index contributed by atoms with van der Waals surface area (Å²) < 4.78 is 0. The summed E-state index contributed by atoms with van der Waals surface area (Å²) in [6.45, 7) is 0.640. The van der Waals surface area contributed by atoms with E-state index in [1.165, 1.54) is 5.56 Å². The van der Waals surface area contributed by atoms with Crippen LogP contribution in [0, 0.1) is 0 Å². The van der Waals surface area contributed by atoms with Crippen molar-refractivity contribution in [2.45, 2.75) is 6.54 Å². The minimum atomic E-state index is 0. The van der Waals surface area contributed by atoms with Gasteiger partial charge in [-0.25, -0.2) is 0 Å². The van der Waals surface area contributed by atoms with Crippen molar-refractivity contribution in [3.63, 3.8) is 0 Å². The number of benzene rings is 1. The monoisotopic (exact) mass is 115 g/mol. The Morgan fingerprint density at radius 3 is 2.11 bits per heavy atom. The molecule has 1 aromatic carbocycles. The van der Waals surface area contributed by atoms with Gasteiger partial charge in [0.2, 0.25) is 0 Å². The molecule has 0 aliphatic carbocycles. The van der Waals surface area contributed by atoms with E-state index in [1.54, 1.807) is 0 Å². The Bertz CT molecular complexity index is 155. The molecule has 0 radical (unpaired) electrons. The first-order valence-electron chi connectivity index (χ1n) is 2.67. The smallest absolute Gasteiger partial charge is 1.00 e. The van der Waals surface area contributed by atoms with Crippen LogP contribution in [0.3, 0.4) is 0 Å². The summed E-state index contributed by atoms with van der Waals surface area (Å²) in [4.78, 5) is 0. The minimum Gasteiger partial charge on any atom is -1.00 e. The Kier molecular flexibility index (Phi) is 4.52. The summed E-state index contributed by atoms with van der Waals surface area (Å²) in [7, 11) is 0. The van der Waals surface area contributed by atoms with Crippen molar-refractivity contribution in [2.75, 3.05) is 0 Å². The zero-order chi connectivity index (χ0) is 5.82. The van der Waals surface area contributed by atoms with Crippen LogP contribution in [0.1, 0.15) is 6.99 Å². The molecule has 0 aliphatic heterocycles. The Morgan fingerprint density at radius 1 is 1.22 bits per heavy atom. The zero-order valence-electron chi connectivity index (χ0n) is 6.67. The molecule has 9 heavy (non-hydrogen) atoms. The first-order chi connectivity index (χ1) is 3.93. The summed E-state index contributed by atoms with van der Waals surface area (Å²) in [5, 5.41) is 0. The van der Waals surface area contributed by atoms with Crippen molar-refractivity contribution in [3.05, 3.63) is 35.9 Å². The molecule has 0 unspecified atom stereocenters. The van der Waals surface area contributed by atoms with Gasteiger partial charge in [-0.2, -0.15) is 0 Å². The molecule has 44 valence electrons.